The van der Waals surface area contributed by atoms with E-state index in [1.54, 1.807) is 0 Å². The SMILES string of the molecule is CC(C)(C)NC[C@@H]1CC2CCCCC2CN1C[C@@H](O)[C@H](Cc1ccccc1)NC(=O)c1ccc2ccccc2c1. The second-order valence-electron chi connectivity index (χ2n) is 13.2. The number of piperidine rings is 1. The number of hydrogen-bond donors (Lipinski definition) is 3. The highest BCUT2D eigenvalue weighted by molar-refractivity contribution is 5.98. The molecule has 3 N–H and O–H groups in total. The molecule has 1 saturated carbocycles. The molecule has 0 spiro atoms. The topological polar surface area (TPSA) is 64.6 Å². The van der Waals surface area contributed by atoms with Gasteiger partial charge in [0.2, 0.25) is 0 Å². The van der Waals surface area contributed by atoms with Crippen molar-refractivity contribution in [3.05, 3.63) is 83.9 Å². The zero-order valence-corrected chi connectivity index (χ0v) is 24.5. The van der Waals surface area contributed by atoms with Gasteiger partial charge in [0.05, 0.1) is 12.1 Å². The third-order valence-corrected chi connectivity index (χ3v) is 9.01. The molecule has 1 aliphatic carbocycles. The van der Waals surface area contributed by atoms with Crippen molar-refractivity contribution in [3.8, 4) is 0 Å². The Bertz CT molecular complexity index is 1250. The van der Waals surface area contributed by atoms with Crippen LogP contribution in [0, 0.1) is 11.8 Å². The molecule has 1 saturated heterocycles. The number of carbonyl (C=O) groups is 1. The lowest BCUT2D eigenvalue weighted by Gasteiger charge is -2.48. The molecule has 5 atom stereocenters. The fourth-order valence-electron chi connectivity index (χ4n) is 6.75. The second-order valence-corrected chi connectivity index (χ2v) is 13.2. The number of carbonyl (C=O) groups excluding carboxylic acids is 1. The van der Waals surface area contributed by atoms with E-state index in [4.69, 9.17) is 0 Å². The van der Waals surface area contributed by atoms with Crippen molar-refractivity contribution in [1.82, 2.24) is 15.5 Å². The maximum atomic E-state index is 13.5. The van der Waals surface area contributed by atoms with Gasteiger partial charge in [0.25, 0.3) is 5.91 Å². The average Bonchev–Trinajstić information content (AvgIpc) is 2.95. The Morgan fingerprint density at radius 3 is 2.40 bits per heavy atom. The molecule has 40 heavy (non-hydrogen) atoms. The number of rotatable bonds is 9. The number of fused-ring (bicyclic) bond motifs is 2. The molecule has 1 aliphatic heterocycles. The number of aliphatic hydroxyl groups is 1. The van der Waals surface area contributed by atoms with Crippen LogP contribution >= 0.6 is 0 Å². The quantitative estimate of drug-likeness (QED) is 0.320. The molecule has 3 aromatic carbocycles. The summed E-state index contributed by atoms with van der Waals surface area (Å²) in [6, 6.07) is 24.1. The smallest absolute Gasteiger partial charge is 0.251 e. The van der Waals surface area contributed by atoms with Crippen LogP contribution in [0.3, 0.4) is 0 Å². The van der Waals surface area contributed by atoms with Gasteiger partial charge < -0.3 is 15.7 Å². The fourth-order valence-corrected chi connectivity index (χ4v) is 6.75. The summed E-state index contributed by atoms with van der Waals surface area (Å²) in [7, 11) is 0. The number of likely N-dealkylation sites (tertiary alicyclic amines) is 1. The zero-order valence-electron chi connectivity index (χ0n) is 24.5. The van der Waals surface area contributed by atoms with Gasteiger partial charge in [-0.05, 0) is 80.3 Å². The first kappa shape index (κ1) is 28.8. The van der Waals surface area contributed by atoms with E-state index < -0.39 is 6.10 Å². The minimum absolute atomic E-state index is 0.0530. The van der Waals surface area contributed by atoms with Crippen LogP contribution in [0.5, 0.6) is 0 Å². The van der Waals surface area contributed by atoms with E-state index in [2.05, 4.69) is 54.5 Å². The number of nitrogens with zero attached hydrogens (tertiary/aromatic N) is 1. The van der Waals surface area contributed by atoms with Gasteiger partial charge in [-0.15, -0.1) is 0 Å². The normalized spacial score (nSPS) is 23.4. The molecule has 0 radical (unpaired) electrons. The molecular weight excluding hydrogens is 494 g/mol. The highest BCUT2D eigenvalue weighted by atomic mass is 16.3. The first-order valence-electron chi connectivity index (χ1n) is 15.3. The van der Waals surface area contributed by atoms with Crippen LogP contribution in [-0.4, -0.2) is 59.3 Å². The number of aliphatic hydroxyl groups excluding tert-OH is 1. The Balaban J connectivity index is 1.34. The molecule has 3 aromatic rings. The third kappa shape index (κ3) is 7.51. The average molecular weight is 542 g/mol. The number of nitrogens with one attached hydrogen (secondary N) is 2. The molecule has 2 fully saturated rings. The molecular formula is C35H47N3O2. The highest BCUT2D eigenvalue weighted by Crippen LogP contribution is 2.38. The maximum absolute atomic E-state index is 13.5. The molecule has 0 bridgehead atoms. The highest BCUT2D eigenvalue weighted by Gasteiger charge is 2.38. The van der Waals surface area contributed by atoms with Crippen molar-refractivity contribution in [2.75, 3.05) is 19.6 Å². The summed E-state index contributed by atoms with van der Waals surface area (Å²) < 4.78 is 0. The Morgan fingerprint density at radius 1 is 0.950 bits per heavy atom. The summed E-state index contributed by atoms with van der Waals surface area (Å²) >= 11 is 0. The van der Waals surface area contributed by atoms with Gasteiger partial charge in [0.1, 0.15) is 0 Å². The predicted molar refractivity (Wildman–Crippen MR) is 165 cm³/mol. The minimum Gasteiger partial charge on any atom is -0.390 e. The molecule has 214 valence electrons. The van der Waals surface area contributed by atoms with Crippen molar-refractivity contribution in [3.63, 3.8) is 0 Å². The molecule has 2 aliphatic rings. The van der Waals surface area contributed by atoms with Crippen LogP contribution in [0.4, 0.5) is 0 Å². The van der Waals surface area contributed by atoms with E-state index >= 15 is 0 Å². The molecule has 5 nitrogen and oxygen atoms in total. The van der Waals surface area contributed by atoms with Gasteiger partial charge in [-0.25, -0.2) is 0 Å². The van der Waals surface area contributed by atoms with E-state index in [0.717, 1.165) is 35.3 Å². The second kappa shape index (κ2) is 12.8. The van der Waals surface area contributed by atoms with Crippen molar-refractivity contribution >= 4 is 16.7 Å². The molecule has 2 unspecified atom stereocenters. The Morgan fingerprint density at radius 2 is 1.65 bits per heavy atom. The Hall–Kier alpha value is -2.73. The molecule has 5 heteroatoms. The van der Waals surface area contributed by atoms with E-state index in [0.29, 0.717) is 30.5 Å². The van der Waals surface area contributed by atoms with E-state index in [1.807, 2.05) is 54.6 Å². The predicted octanol–water partition coefficient (Wildman–Crippen LogP) is 5.81. The van der Waals surface area contributed by atoms with Gasteiger partial charge in [0, 0.05) is 36.8 Å². The summed E-state index contributed by atoms with van der Waals surface area (Å²) in [4.78, 5) is 16.0. The number of benzene rings is 3. The lowest BCUT2D eigenvalue weighted by Crippen LogP contribution is -2.58. The molecule has 1 amide bonds. The van der Waals surface area contributed by atoms with Crippen LogP contribution in [0.1, 0.15) is 68.8 Å². The summed E-state index contributed by atoms with van der Waals surface area (Å²) in [5, 5.41) is 20.9. The summed E-state index contributed by atoms with van der Waals surface area (Å²) in [6.45, 7) is 9.18. The number of β-amino-alcohol motifs (C(OH)–C–C–N with tert-alkyl or cyclic N) is 1. The molecule has 0 aromatic heterocycles. The van der Waals surface area contributed by atoms with Crippen LogP contribution in [0.2, 0.25) is 0 Å². The van der Waals surface area contributed by atoms with E-state index in [-0.39, 0.29) is 17.5 Å². The summed E-state index contributed by atoms with van der Waals surface area (Å²) in [5.74, 6) is 1.37. The lowest BCUT2D eigenvalue weighted by atomic mass is 9.72. The van der Waals surface area contributed by atoms with Gasteiger partial charge in [-0.1, -0.05) is 79.9 Å². The zero-order chi connectivity index (χ0) is 28.1. The Kier molecular flexibility index (Phi) is 9.24. The first-order valence-corrected chi connectivity index (χ1v) is 15.3. The van der Waals surface area contributed by atoms with Crippen molar-refractivity contribution in [1.29, 1.82) is 0 Å². The summed E-state index contributed by atoms with van der Waals surface area (Å²) in [5.41, 5.74) is 1.79. The van der Waals surface area contributed by atoms with E-state index in [9.17, 15) is 9.90 Å². The largest absolute Gasteiger partial charge is 0.390 e. The van der Waals surface area contributed by atoms with Crippen LogP contribution in [0.25, 0.3) is 10.8 Å². The molecule has 1 heterocycles. The van der Waals surface area contributed by atoms with E-state index in [1.165, 1.54) is 32.1 Å². The monoisotopic (exact) mass is 541 g/mol. The minimum atomic E-state index is -0.679. The first-order chi connectivity index (χ1) is 19.2. The third-order valence-electron chi connectivity index (χ3n) is 9.01. The van der Waals surface area contributed by atoms with Crippen molar-refractivity contribution in [2.45, 2.75) is 83.0 Å². The molecule has 5 rings (SSSR count). The number of hydrogen-bond acceptors (Lipinski definition) is 4. The fraction of sp³-hybridized carbons (Fsp3) is 0.514. The van der Waals surface area contributed by atoms with Gasteiger partial charge >= 0.3 is 0 Å². The van der Waals surface area contributed by atoms with Crippen molar-refractivity contribution < 1.29 is 9.90 Å². The Labute approximate surface area is 240 Å². The lowest BCUT2D eigenvalue weighted by molar-refractivity contribution is -0.00312. The van der Waals surface area contributed by atoms with Gasteiger partial charge in [0.15, 0.2) is 0 Å². The number of amides is 1. The van der Waals surface area contributed by atoms with Crippen molar-refractivity contribution in [2.24, 2.45) is 11.8 Å². The van der Waals surface area contributed by atoms with Crippen LogP contribution in [0.15, 0.2) is 72.8 Å². The van der Waals surface area contributed by atoms with Gasteiger partial charge in [-0.2, -0.15) is 0 Å². The summed E-state index contributed by atoms with van der Waals surface area (Å²) in [6.07, 6.45) is 6.40. The van der Waals surface area contributed by atoms with Crippen LogP contribution < -0.4 is 10.6 Å². The van der Waals surface area contributed by atoms with Crippen LogP contribution in [-0.2, 0) is 6.42 Å². The standard InChI is InChI=1S/C35H47N3O2/c1-35(2,3)36-22-31-21-28-15-9-10-16-30(28)23-38(31)24-33(39)32(19-25-11-5-4-6-12-25)37-34(40)29-18-17-26-13-7-8-14-27(26)20-29/h4-8,11-14,17-18,20,28,30-33,36,39H,9-10,15-16,19,21-24H2,1-3H3,(H,37,40)/t28?,30?,31-,32-,33+/m0/s1. The van der Waals surface area contributed by atoms with Gasteiger partial charge in [-0.3, -0.25) is 9.69 Å². The maximum Gasteiger partial charge on any atom is 0.251 e.